The van der Waals surface area contributed by atoms with E-state index in [4.69, 9.17) is 0 Å². The summed E-state index contributed by atoms with van der Waals surface area (Å²) in [5.74, 6) is 0. The van der Waals surface area contributed by atoms with Gasteiger partial charge in [0.25, 0.3) is 0 Å². The topological polar surface area (TPSA) is 18.5 Å². The molecule has 0 saturated carbocycles. The van der Waals surface area contributed by atoms with Crippen LogP contribution in [-0.4, -0.2) is 61.2 Å². The summed E-state index contributed by atoms with van der Waals surface area (Å²) in [5.41, 5.74) is 0. The largest absolute Gasteiger partial charge is 0.314 e. The number of hydrogen-bond donors (Lipinski definition) is 1. The third-order valence-electron chi connectivity index (χ3n) is 4.66. The van der Waals surface area contributed by atoms with Gasteiger partial charge in [-0.2, -0.15) is 0 Å². The molecule has 18 heavy (non-hydrogen) atoms. The molecule has 3 nitrogen and oxygen atoms in total. The van der Waals surface area contributed by atoms with E-state index in [1.54, 1.807) is 0 Å². The molecule has 2 aliphatic rings. The Morgan fingerprint density at radius 2 is 1.83 bits per heavy atom. The minimum Gasteiger partial charge on any atom is -0.314 e. The Balaban J connectivity index is 1.99. The predicted octanol–water partition coefficient (Wildman–Crippen LogP) is 1.93. The molecule has 2 heterocycles. The monoisotopic (exact) mass is 253 g/mol. The van der Waals surface area contributed by atoms with Gasteiger partial charge in [0, 0.05) is 30.7 Å². The number of nitrogens with one attached hydrogen (secondary N) is 1. The lowest BCUT2D eigenvalue weighted by Crippen LogP contribution is -2.60. The highest BCUT2D eigenvalue weighted by atomic mass is 15.3. The van der Waals surface area contributed by atoms with Crippen LogP contribution in [0.25, 0.3) is 0 Å². The normalized spacial score (nSPS) is 34.8. The Morgan fingerprint density at radius 3 is 2.33 bits per heavy atom. The van der Waals surface area contributed by atoms with E-state index in [0.29, 0.717) is 6.04 Å². The van der Waals surface area contributed by atoms with Crippen LogP contribution >= 0.6 is 0 Å². The van der Waals surface area contributed by atoms with Gasteiger partial charge >= 0.3 is 0 Å². The second-order valence-corrected chi connectivity index (χ2v) is 6.52. The summed E-state index contributed by atoms with van der Waals surface area (Å²) < 4.78 is 0. The summed E-state index contributed by atoms with van der Waals surface area (Å²) in [7, 11) is 4.38. The van der Waals surface area contributed by atoms with Gasteiger partial charge < -0.3 is 10.2 Å². The molecule has 2 bridgehead atoms. The van der Waals surface area contributed by atoms with E-state index in [2.05, 4.69) is 43.1 Å². The maximum atomic E-state index is 3.68. The Labute approximate surface area is 113 Å². The summed E-state index contributed by atoms with van der Waals surface area (Å²) in [6.45, 7) is 6.96. The summed E-state index contributed by atoms with van der Waals surface area (Å²) in [5, 5.41) is 3.68. The van der Waals surface area contributed by atoms with Crippen molar-refractivity contribution in [2.45, 2.75) is 70.1 Å². The van der Waals surface area contributed by atoms with Crippen molar-refractivity contribution in [3.05, 3.63) is 0 Å². The van der Waals surface area contributed by atoms with Gasteiger partial charge in [-0.05, 0) is 53.2 Å². The van der Waals surface area contributed by atoms with Crippen molar-refractivity contribution in [2.75, 3.05) is 27.2 Å². The summed E-state index contributed by atoms with van der Waals surface area (Å²) >= 11 is 0. The zero-order valence-electron chi connectivity index (χ0n) is 12.7. The molecule has 1 N–H and O–H groups in total. The van der Waals surface area contributed by atoms with Crippen LogP contribution in [0.1, 0.15) is 46.0 Å². The summed E-state index contributed by atoms with van der Waals surface area (Å²) in [6, 6.07) is 3.14. The third kappa shape index (κ3) is 3.25. The zero-order chi connectivity index (χ0) is 13.1. The Hall–Kier alpha value is -0.120. The van der Waals surface area contributed by atoms with Crippen molar-refractivity contribution >= 4 is 0 Å². The van der Waals surface area contributed by atoms with Crippen LogP contribution in [0, 0.1) is 0 Å². The maximum absolute atomic E-state index is 3.68. The first-order chi connectivity index (χ1) is 8.61. The number of piperidine rings is 2. The van der Waals surface area contributed by atoms with Crippen LogP contribution in [0.4, 0.5) is 0 Å². The molecule has 0 aromatic heterocycles. The van der Waals surface area contributed by atoms with Crippen LogP contribution in [0.2, 0.25) is 0 Å². The van der Waals surface area contributed by atoms with E-state index in [9.17, 15) is 0 Å². The van der Waals surface area contributed by atoms with Crippen LogP contribution < -0.4 is 5.32 Å². The van der Waals surface area contributed by atoms with Crippen LogP contribution in [0.15, 0.2) is 0 Å². The van der Waals surface area contributed by atoms with Gasteiger partial charge in [-0.3, -0.25) is 4.90 Å². The Kier molecular flexibility index (Phi) is 5.05. The molecular formula is C15H31N3. The average molecular weight is 253 g/mol. The lowest BCUT2D eigenvalue weighted by molar-refractivity contribution is -0.0116. The van der Waals surface area contributed by atoms with Crippen molar-refractivity contribution in [3.8, 4) is 0 Å². The summed E-state index contributed by atoms with van der Waals surface area (Å²) in [4.78, 5) is 5.17. The molecule has 3 heteroatoms. The van der Waals surface area contributed by atoms with Crippen molar-refractivity contribution < 1.29 is 0 Å². The van der Waals surface area contributed by atoms with Gasteiger partial charge in [0.2, 0.25) is 0 Å². The predicted molar refractivity (Wildman–Crippen MR) is 78.0 cm³/mol. The van der Waals surface area contributed by atoms with E-state index < -0.39 is 0 Å². The quantitative estimate of drug-likeness (QED) is 0.808. The van der Waals surface area contributed by atoms with Gasteiger partial charge in [0.15, 0.2) is 0 Å². The van der Waals surface area contributed by atoms with Crippen molar-refractivity contribution in [1.29, 1.82) is 0 Å². The second kappa shape index (κ2) is 6.36. The van der Waals surface area contributed by atoms with Gasteiger partial charge in [-0.1, -0.05) is 13.3 Å². The fourth-order valence-corrected chi connectivity index (χ4v) is 4.22. The molecule has 0 aromatic rings. The molecule has 2 aliphatic heterocycles. The van der Waals surface area contributed by atoms with Crippen molar-refractivity contribution in [2.24, 2.45) is 0 Å². The lowest BCUT2D eigenvalue weighted by atomic mass is 9.80. The van der Waals surface area contributed by atoms with Gasteiger partial charge in [-0.15, -0.1) is 0 Å². The highest BCUT2D eigenvalue weighted by molar-refractivity contribution is 4.97. The molecule has 0 spiro atoms. The molecule has 0 aromatic carbocycles. The number of nitrogens with zero attached hydrogens (tertiary/aromatic N) is 2. The molecule has 3 atom stereocenters. The van der Waals surface area contributed by atoms with Gasteiger partial charge in [0.1, 0.15) is 0 Å². The molecule has 0 amide bonds. The standard InChI is InChI=1S/C15H31N3/c1-5-16-13-9-14-7-6-8-15(10-13)18(14)12(2)11-17(3)4/h12-16H,5-11H2,1-4H3. The van der Waals surface area contributed by atoms with E-state index >= 15 is 0 Å². The first kappa shape index (κ1) is 14.3. The SMILES string of the molecule is CCNC1CC2CCCC(C1)N2C(C)CN(C)C. The fraction of sp³-hybridized carbons (Fsp3) is 1.00. The van der Waals surface area contributed by atoms with E-state index in [-0.39, 0.29) is 0 Å². The third-order valence-corrected chi connectivity index (χ3v) is 4.66. The van der Waals surface area contributed by atoms with Crippen LogP contribution in [0.5, 0.6) is 0 Å². The average Bonchev–Trinajstić information content (AvgIpc) is 2.27. The highest BCUT2D eigenvalue weighted by Crippen LogP contribution is 2.35. The van der Waals surface area contributed by atoms with Crippen LogP contribution in [-0.2, 0) is 0 Å². The molecule has 0 radical (unpaired) electrons. The number of hydrogen-bond acceptors (Lipinski definition) is 3. The van der Waals surface area contributed by atoms with E-state index in [1.165, 1.54) is 38.6 Å². The number of rotatable bonds is 5. The highest BCUT2D eigenvalue weighted by Gasteiger charge is 2.39. The minimum atomic E-state index is 0.706. The molecule has 3 unspecified atom stereocenters. The van der Waals surface area contributed by atoms with Crippen molar-refractivity contribution in [3.63, 3.8) is 0 Å². The lowest BCUT2D eigenvalue weighted by Gasteiger charge is -2.52. The zero-order valence-corrected chi connectivity index (χ0v) is 12.7. The van der Waals surface area contributed by atoms with Crippen molar-refractivity contribution in [1.82, 2.24) is 15.1 Å². The molecular weight excluding hydrogens is 222 g/mol. The molecule has 106 valence electrons. The number of likely N-dealkylation sites (N-methyl/N-ethyl adjacent to an activating group) is 1. The van der Waals surface area contributed by atoms with Crippen LogP contribution in [0.3, 0.4) is 0 Å². The first-order valence-electron chi connectivity index (χ1n) is 7.77. The maximum Gasteiger partial charge on any atom is 0.0200 e. The first-order valence-corrected chi connectivity index (χ1v) is 7.77. The van der Waals surface area contributed by atoms with Gasteiger partial charge in [-0.25, -0.2) is 0 Å². The smallest absolute Gasteiger partial charge is 0.0200 e. The second-order valence-electron chi connectivity index (χ2n) is 6.52. The molecule has 2 rings (SSSR count). The minimum absolute atomic E-state index is 0.706. The van der Waals surface area contributed by atoms with E-state index in [1.807, 2.05) is 0 Å². The van der Waals surface area contributed by atoms with Gasteiger partial charge in [0.05, 0.1) is 0 Å². The molecule has 2 saturated heterocycles. The molecule has 0 aliphatic carbocycles. The Bertz CT molecular complexity index is 240. The fourth-order valence-electron chi connectivity index (χ4n) is 4.22. The summed E-state index contributed by atoms with van der Waals surface area (Å²) in [6.07, 6.45) is 7.00. The van der Waals surface area contributed by atoms with E-state index in [0.717, 1.165) is 24.7 Å². The number of fused-ring (bicyclic) bond motifs is 2. The molecule has 2 fully saturated rings. The Morgan fingerprint density at radius 1 is 1.22 bits per heavy atom.